The molecule has 1 aromatic carbocycles. The van der Waals surface area contributed by atoms with Crippen molar-refractivity contribution in [1.82, 2.24) is 0 Å². The highest BCUT2D eigenvalue weighted by Gasteiger charge is 2.19. The number of methoxy groups -OCH3 is 1. The minimum absolute atomic E-state index is 0.327. The summed E-state index contributed by atoms with van der Waals surface area (Å²) in [5.74, 6) is -0.327. The van der Waals surface area contributed by atoms with Crippen LogP contribution in [-0.2, 0) is 16.0 Å². The molecule has 0 saturated heterocycles. The van der Waals surface area contributed by atoms with E-state index in [4.69, 9.17) is 0 Å². The molecular weight excluding hydrogens is 310 g/mol. The van der Waals surface area contributed by atoms with Crippen molar-refractivity contribution in [3.05, 3.63) is 59.2 Å². The van der Waals surface area contributed by atoms with Crippen LogP contribution < -0.4 is 4.90 Å². The summed E-state index contributed by atoms with van der Waals surface area (Å²) in [5.41, 5.74) is 6.14. The van der Waals surface area contributed by atoms with Gasteiger partial charge in [-0.3, -0.25) is 0 Å². The lowest BCUT2D eigenvalue weighted by Crippen LogP contribution is -2.35. The summed E-state index contributed by atoms with van der Waals surface area (Å²) in [5, 5.41) is 0. The predicted octanol–water partition coefficient (Wildman–Crippen LogP) is 4.93. The number of fused-ring (bicyclic) bond motifs is 1. The number of nitrogens with zero attached hydrogens (tertiary/aromatic N) is 1. The highest BCUT2D eigenvalue weighted by molar-refractivity contribution is 5.83. The second-order valence-electron chi connectivity index (χ2n) is 6.85. The molecule has 0 aliphatic carbocycles. The van der Waals surface area contributed by atoms with E-state index in [9.17, 15) is 4.79 Å². The topological polar surface area (TPSA) is 29.5 Å². The Morgan fingerprint density at radius 2 is 2.04 bits per heavy atom. The number of hydrogen-bond acceptors (Lipinski definition) is 3. The Morgan fingerprint density at radius 3 is 2.72 bits per heavy atom. The summed E-state index contributed by atoms with van der Waals surface area (Å²) in [7, 11) is 1.39. The fraction of sp³-hybridized carbons (Fsp3) is 0.409. The number of carbonyl (C=O) groups is 1. The number of allylic oxidation sites excluding steroid dienone is 5. The normalized spacial score (nSPS) is 15.7. The van der Waals surface area contributed by atoms with Crippen LogP contribution in [0.4, 0.5) is 5.69 Å². The molecule has 0 saturated carbocycles. The summed E-state index contributed by atoms with van der Waals surface area (Å²) in [6.45, 7) is 9.64. The van der Waals surface area contributed by atoms with Gasteiger partial charge in [-0.1, -0.05) is 30.4 Å². The molecular formula is C22H29NO2. The van der Waals surface area contributed by atoms with Gasteiger partial charge in [0, 0.05) is 24.4 Å². The van der Waals surface area contributed by atoms with Gasteiger partial charge in [-0.05, 0) is 68.9 Å². The van der Waals surface area contributed by atoms with Gasteiger partial charge >= 0.3 is 5.97 Å². The zero-order valence-corrected chi connectivity index (χ0v) is 16.0. The minimum atomic E-state index is -0.327. The van der Waals surface area contributed by atoms with Crippen molar-refractivity contribution in [3.63, 3.8) is 0 Å². The molecule has 1 aromatic rings. The fourth-order valence-electron chi connectivity index (χ4n) is 3.12. The van der Waals surface area contributed by atoms with Crippen LogP contribution in [0.3, 0.4) is 0 Å². The smallest absolute Gasteiger partial charge is 0.330 e. The Morgan fingerprint density at radius 1 is 1.28 bits per heavy atom. The molecule has 2 rings (SSSR count). The van der Waals surface area contributed by atoms with E-state index in [0.717, 1.165) is 12.1 Å². The maximum atomic E-state index is 11.2. The van der Waals surface area contributed by atoms with Gasteiger partial charge in [0.05, 0.1) is 7.11 Å². The van der Waals surface area contributed by atoms with Crippen LogP contribution in [0.15, 0.2) is 48.1 Å². The molecule has 0 bridgehead atoms. The second kappa shape index (κ2) is 8.70. The van der Waals surface area contributed by atoms with Crippen LogP contribution in [0, 0.1) is 0 Å². The number of benzene rings is 1. The van der Waals surface area contributed by atoms with E-state index in [1.54, 1.807) is 0 Å². The fourth-order valence-corrected chi connectivity index (χ4v) is 3.12. The third-order valence-corrected chi connectivity index (χ3v) is 4.57. The number of hydrogen-bond donors (Lipinski definition) is 0. The van der Waals surface area contributed by atoms with E-state index in [1.165, 1.54) is 48.4 Å². The summed E-state index contributed by atoms with van der Waals surface area (Å²) < 4.78 is 4.63. The third kappa shape index (κ3) is 5.09. The number of rotatable bonds is 5. The molecule has 3 nitrogen and oxygen atoms in total. The van der Waals surface area contributed by atoms with Crippen molar-refractivity contribution in [2.75, 3.05) is 18.6 Å². The molecule has 0 atom stereocenters. The molecule has 0 unspecified atom stereocenters. The van der Waals surface area contributed by atoms with Crippen molar-refractivity contribution in [1.29, 1.82) is 0 Å². The van der Waals surface area contributed by atoms with Crippen molar-refractivity contribution >= 4 is 17.2 Å². The van der Waals surface area contributed by atoms with Gasteiger partial charge in [-0.15, -0.1) is 0 Å². The maximum Gasteiger partial charge on any atom is 0.330 e. The van der Waals surface area contributed by atoms with Crippen LogP contribution in [0.25, 0.3) is 5.57 Å². The lowest BCUT2D eigenvalue weighted by Gasteiger charge is -2.35. The van der Waals surface area contributed by atoms with E-state index in [1.807, 2.05) is 19.1 Å². The molecule has 1 aliphatic rings. The Bertz CT molecular complexity index is 711. The number of esters is 1. The highest BCUT2D eigenvalue weighted by atomic mass is 16.5. The molecule has 1 heterocycles. The number of aryl methyl sites for hydroxylation is 1. The number of anilines is 1. The lowest BCUT2D eigenvalue weighted by molar-refractivity contribution is -0.134. The molecule has 0 aromatic heterocycles. The van der Waals surface area contributed by atoms with Crippen LogP contribution in [0.2, 0.25) is 0 Å². The number of carbonyl (C=O) groups excluding carboxylic acids is 1. The summed E-state index contributed by atoms with van der Waals surface area (Å²) in [4.78, 5) is 13.7. The molecule has 0 N–H and O–H groups in total. The van der Waals surface area contributed by atoms with Crippen LogP contribution in [0.5, 0.6) is 0 Å². The average molecular weight is 339 g/mol. The van der Waals surface area contributed by atoms with Crippen molar-refractivity contribution in [2.24, 2.45) is 0 Å². The quantitative estimate of drug-likeness (QED) is 0.433. The predicted molar refractivity (Wildman–Crippen MR) is 106 cm³/mol. The second-order valence-corrected chi connectivity index (χ2v) is 6.85. The Balaban J connectivity index is 2.20. The van der Waals surface area contributed by atoms with Gasteiger partial charge in [0.1, 0.15) is 0 Å². The van der Waals surface area contributed by atoms with Gasteiger partial charge in [0.15, 0.2) is 0 Å². The van der Waals surface area contributed by atoms with Crippen LogP contribution >= 0.6 is 0 Å². The van der Waals surface area contributed by atoms with E-state index in [0.29, 0.717) is 6.04 Å². The van der Waals surface area contributed by atoms with Crippen molar-refractivity contribution < 1.29 is 9.53 Å². The van der Waals surface area contributed by atoms with Crippen LogP contribution in [0.1, 0.15) is 45.2 Å². The van der Waals surface area contributed by atoms with Crippen molar-refractivity contribution in [2.45, 2.75) is 46.6 Å². The Labute approximate surface area is 151 Å². The first-order valence-electron chi connectivity index (χ1n) is 8.93. The SMILES string of the molecule is COC(=O)C=C(C)C=CC=C(C)c1ccc2c(c1)N(C(C)C)CCC2. The highest BCUT2D eigenvalue weighted by Crippen LogP contribution is 2.31. The largest absolute Gasteiger partial charge is 0.466 e. The van der Waals surface area contributed by atoms with Gasteiger partial charge in [0.25, 0.3) is 0 Å². The Kier molecular flexibility index (Phi) is 6.63. The van der Waals surface area contributed by atoms with Gasteiger partial charge in [-0.25, -0.2) is 4.79 Å². The third-order valence-electron chi connectivity index (χ3n) is 4.57. The van der Waals surface area contributed by atoms with E-state index < -0.39 is 0 Å². The first-order valence-corrected chi connectivity index (χ1v) is 8.93. The molecule has 134 valence electrons. The molecule has 25 heavy (non-hydrogen) atoms. The first kappa shape index (κ1) is 19.0. The zero-order valence-electron chi connectivity index (χ0n) is 16.0. The summed E-state index contributed by atoms with van der Waals surface area (Å²) in [6, 6.07) is 7.30. The van der Waals surface area contributed by atoms with Crippen LogP contribution in [-0.4, -0.2) is 25.7 Å². The van der Waals surface area contributed by atoms with Gasteiger partial charge in [-0.2, -0.15) is 0 Å². The summed E-state index contributed by atoms with van der Waals surface area (Å²) >= 11 is 0. The standard InChI is InChI=1S/C22H29NO2/c1-16(2)23-13-7-10-19-11-12-20(15-21(19)23)18(4)9-6-8-17(3)14-22(24)25-5/h6,8-9,11-12,14-16H,7,10,13H2,1-5H3. The van der Waals surface area contributed by atoms with E-state index >= 15 is 0 Å². The molecule has 0 radical (unpaired) electrons. The van der Waals surface area contributed by atoms with E-state index in [2.05, 4.69) is 54.7 Å². The molecule has 3 heteroatoms. The Hall–Kier alpha value is -2.29. The minimum Gasteiger partial charge on any atom is -0.466 e. The average Bonchev–Trinajstić information content (AvgIpc) is 2.60. The first-order chi connectivity index (χ1) is 11.9. The van der Waals surface area contributed by atoms with Gasteiger partial charge < -0.3 is 9.64 Å². The van der Waals surface area contributed by atoms with E-state index in [-0.39, 0.29) is 5.97 Å². The number of ether oxygens (including phenoxy) is 1. The summed E-state index contributed by atoms with van der Waals surface area (Å²) in [6.07, 6.45) is 9.86. The lowest BCUT2D eigenvalue weighted by atomic mass is 9.96. The monoisotopic (exact) mass is 339 g/mol. The van der Waals surface area contributed by atoms with Crippen molar-refractivity contribution in [3.8, 4) is 0 Å². The molecule has 0 amide bonds. The molecule has 1 aliphatic heterocycles. The maximum absolute atomic E-state index is 11.2. The molecule has 0 spiro atoms. The van der Waals surface area contributed by atoms with Gasteiger partial charge in [0.2, 0.25) is 0 Å². The zero-order chi connectivity index (χ0) is 18.4. The molecule has 0 fully saturated rings.